The molecule has 0 heterocycles. The molecule has 0 aliphatic rings. The molecule has 1 amide bonds. The highest BCUT2D eigenvalue weighted by molar-refractivity contribution is 6.33. The topological polar surface area (TPSA) is 38.3 Å². The van der Waals surface area contributed by atoms with E-state index >= 15 is 0 Å². The minimum Gasteiger partial charge on any atom is -0.483 e. The Balaban J connectivity index is 1.63. The van der Waals surface area contributed by atoms with Crippen LogP contribution in [-0.2, 0) is 11.2 Å². The number of para-hydroxylation sites is 1. The van der Waals surface area contributed by atoms with Crippen LogP contribution >= 0.6 is 11.6 Å². The van der Waals surface area contributed by atoms with E-state index in [0.29, 0.717) is 17.9 Å². The number of ether oxygens (including phenoxy) is 1. The van der Waals surface area contributed by atoms with E-state index in [1.54, 1.807) is 0 Å². The zero-order valence-corrected chi connectivity index (χ0v) is 14.7. The lowest BCUT2D eigenvalue weighted by Gasteiger charge is -2.12. The summed E-state index contributed by atoms with van der Waals surface area (Å²) in [7, 11) is 0. The maximum Gasteiger partial charge on any atom is 0.262 e. The number of amides is 1. The molecule has 0 aliphatic heterocycles. The van der Waals surface area contributed by atoms with E-state index in [0.717, 1.165) is 17.2 Å². The number of rotatable bonds is 6. The van der Waals surface area contributed by atoms with Gasteiger partial charge in [-0.1, -0.05) is 60.1 Å². The van der Waals surface area contributed by atoms with Crippen molar-refractivity contribution < 1.29 is 13.9 Å². The SMILES string of the molecule is O=C(COc1ccccc1Cc1ccccc1)Nc1ccc(F)cc1Cl. The molecular formula is C21H17ClFNO2. The van der Waals surface area contributed by atoms with E-state index in [9.17, 15) is 9.18 Å². The molecule has 0 unspecified atom stereocenters. The summed E-state index contributed by atoms with van der Waals surface area (Å²) in [5, 5.41) is 2.76. The van der Waals surface area contributed by atoms with Crippen molar-refractivity contribution in [1.29, 1.82) is 0 Å². The zero-order chi connectivity index (χ0) is 18.4. The molecule has 0 radical (unpaired) electrons. The quantitative estimate of drug-likeness (QED) is 0.657. The molecule has 5 heteroatoms. The van der Waals surface area contributed by atoms with Gasteiger partial charge in [-0.2, -0.15) is 0 Å². The average Bonchev–Trinajstić information content (AvgIpc) is 2.64. The predicted molar refractivity (Wildman–Crippen MR) is 101 cm³/mol. The van der Waals surface area contributed by atoms with Gasteiger partial charge < -0.3 is 10.1 Å². The lowest BCUT2D eigenvalue weighted by Crippen LogP contribution is -2.20. The monoisotopic (exact) mass is 369 g/mol. The van der Waals surface area contributed by atoms with Gasteiger partial charge in [-0.25, -0.2) is 4.39 Å². The van der Waals surface area contributed by atoms with E-state index in [4.69, 9.17) is 16.3 Å². The van der Waals surface area contributed by atoms with Crippen LogP contribution in [0.4, 0.5) is 10.1 Å². The van der Waals surface area contributed by atoms with Gasteiger partial charge in [-0.05, 0) is 35.4 Å². The van der Waals surface area contributed by atoms with Crippen LogP contribution in [0.25, 0.3) is 0 Å². The number of hydrogen-bond donors (Lipinski definition) is 1. The molecule has 26 heavy (non-hydrogen) atoms. The van der Waals surface area contributed by atoms with Crippen LogP contribution in [0.15, 0.2) is 72.8 Å². The minimum absolute atomic E-state index is 0.142. The lowest BCUT2D eigenvalue weighted by molar-refractivity contribution is -0.118. The highest BCUT2D eigenvalue weighted by atomic mass is 35.5. The second-order valence-electron chi connectivity index (χ2n) is 5.73. The highest BCUT2D eigenvalue weighted by Crippen LogP contribution is 2.23. The summed E-state index contributed by atoms with van der Waals surface area (Å²) in [6, 6.07) is 21.4. The molecule has 0 spiro atoms. The number of hydrogen-bond acceptors (Lipinski definition) is 2. The molecule has 1 N–H and O–H groups in total. The third-order valence-electron chi connectivity index (χ3n) is 3.77. The molecule has 0 aliphatic carbocycles. The zero-order valence-electron chi connectivity index (χ0n) is 13.9. The van der Waals surface area contributed by atoms with Crippen LogP contribution in [0, 0.1) is 5.82 Å². The summed E-state index contributed by atoms with van der Waals surface area (Å²) in [6.45, 7) is -0.167. The molecule has 3 aromatic rings. The minimum atomic E-state index is -0.459. The Morgan fingerprint density at radius 3 is 2.50 bits per heavy atom. The molecular weight excluding hydrogens is 353 g/mol. The van der Waals surface area contributed by atoms with Gasteiger partial charge in [-0.15, -0.1) is 0 Å². The Kier molecular flexibility index (Phi) is 5.87. The Morgan fingerprint density at radius 1 is 1.00 bits per heavy atom. The Hall–Kier alpha value is -2.85. The number of anilines is 1. The van der Waals surface area contributed by atoms with Crippen molar-refractivity contribution in [3.8, 4) is 5.75 Å². The van der Waals surface area contributed by atoms with Crippen molar-refractivity contribution in [3.05, 3.63) is 94.8 Å². The first-order chi connectivity index (χ1) is 12.6. The first-order valence-corrected chi connectivity index (χ1v) is 8.49. The number of halogens is 2. The third kappa shape index (κ3) is 4.83. The number of carbonyl (C=O) groups is 1. The third-order valence-corrected chi connectivity index (χ3v) is 4.09. The summed E-state index contributed by atoms with van der Waals surface area (Å²) in [4.78, 5) is 12.1. The summed E-state index contributed by atoms with van der Waals surface area (Å²) < 4.78 is 18.7. The molecule has 0 aromatic heterocycles. The average molecular weight is 370 g/mol. The van der Waals surface area contributed by atoms with Crippen molar-refractivity contribution in [2.24, 2.45) is 0 Å². The lowest BCUT2D eigenvalue weighted by atomic mass is 10.0. The fourth-order valence-corrected chi connectivity index (χ4v) is 2.74. The number of benzene rings is 3. The summed E-state index contributed by atoms with van der Waals surface area (Å²) in [5.74, 6) is -0.177. The van der Waals surface area contributed by atoms with E-state index in [1.807, 2.05) is 54.6 Å². The molecule has 0 saturated heterocycles. The summed E-state index contributed by atoms with van der Waals surface area (Å²) in [5.41, 5.74) is 2.50. The van der Waals surface area contributed by atoms with Crippen molar-refractivity contribution >= 4 is 23.2 Å². The molecule has 3 rings (SSSR count). The van der Waals surface area contributed by atoms with Crippen molar-refractivity contribution in [3.63, 3.8) is 0 Å². The smallest absolute Gasteiger partial charge is 0.262 e. The predicted octanol–water partition coefficient (Wildman–Crippen LogP) is 5.09. The number of nitrogens with one attached hydrogen (secondary N) is 1. The van der Waals surface area contributed by atoms with Gasteiger partial charge in [0.05, 0.1) is 10.7 Å². The molecule has 0 fully saturated rings. The number of carbonyl (C=O) groups excluding carboxylic acids is 1. The van der Waals surface area contributed by atoms with Crippen LogP contribution in [0.2, 0.25) is 5.02 Å². The van der Waals surface area contributed by atoms with E-state index in [2.05, 4.69) is 5.32 Å². The second-order valence-corrected chi connectivity index (χ2v) is 6.14. The first kappa shape index (κ1) is 18.0. The van der Waals surface area contributed by atoms with E-state index < -0.39 is 5.82 Å². The van der Waals surface area contributed by atoms with Crippen LogP contribution in [-0.4, -0.2) is 12.5 Å². The highest BCUT2D eigenvalue weighted by Gasteiger charge is 2.10. The molecule has 3 nitrogen and oxygen atoms in total. The fourth-order valence-electron chi connectivity index (χ4n) is 2.53. The first-order valence-electron chi connectivity index (χ1n) is 8.11. The van der Waals surface area contributed by atoms with Crippen LogP contribution < -0.4 is 10.1 Å². The van der Waals surface area contributed by atoms with E-state index in [1.165, 1.54) is 12.1 Å². The van der Waals surface area contributed by atoms with Gasteiger partial charge in [0.2, 0.25) is 0 Å². The maximum atomic E-state index is 13.1. The van der Waals surface area contributed by atoms with Crippen molar-refractivity contribution in [1.82, 2.24) is 0 Å². The molecule has 0 atom stereocenters. The van der Waals surface area contributed by atoms with Gasteiger partial charge in [-0.3, -0.25) is 4.79 Å². The maximum absolute atomic E-state index is 13.1. The van der Waals surface area contributed by atoms with Gasteiger partial charge in [0.1, 0.15) is 11.6 Å². The van der Waals surface area contributed by atoms with Gasteiger partial charge in [0.25, 0.3) is 5.91 Å². The Morgan fingerprint density at radius 2 is 1.73 bits per heavy atom. The second kappa shape index (κ2) is 8.50. The van der Waals surface area contributed by atoms with Crippen LogP contribution in [0.1, 0.15) is 11.1 Å². The molecule has 0 bridgehead atoms. The largest absolute Gasteiger partial charge is 0.483 e. The van der Waals surface area contributed by atoms with Crippen molar-refractivity contribution in [2.45, 2.75) is 6.42 Å². The van der Waals surface area contributed by atoms with Gasteiger partial charge >= 0.3 is 0 Å². The normalized spacial score (nSPS) is 10.4. The molecule has 132 valence electrons. The van der Waals surface area contributed by atoms with Gasteiger partial charge in [0.15, 0.2) is 6.61 Å². The Labute approximate surface area is 156 Å². The Bertz CT molecular complexity index is 900. The summed E-state index contributed by atoms with van der Waals surface area (Å²) in [6.07, 6.45) is 0.711. The molecule has 3 aromatic carbocycles. The molecule has 0 saturated carbocycles. The summed E-state index contributed by atoms with van der Waals surface area (Å²) >= 11 is 5.91. The standard InChI is InChI=1S/C21H17ClFNO2/c22-18-13-17(23)10-11-19(18)24-21(25)14-26-20-9-5-4-8-16(20)12-15-6-2-1-3-7-15/h1-11,13H,12,14H2,(H,24,25). The van der Waals surface area contributed by atoms with Crippen molar-refractivity contribution in [2.75, 3.05) is 11.9 Å². The van der Waals surface area contributed by atoms with Crippen LogP contribution in [0.5, 0.6) is 5.75 Å². The van der Waals surface area contributed by atoms with Gasteiger partial charge in [0, 0.05) is 6.42 Å². The fraction of sp³-hybridized carbons (Fsp3) is 0.0952. The van der Waals surface area contributed by atoms with E-state index in [-0.39, 0.29) is 17.5 Å². The van der Waals surface area contributed by atoms with Crippen LogP contribution in [0.3, 0.4) is 0 Å².